The van der Waals surface area contributed by atoms with Crippen molar-refractivity contribution in [2.75, 3.05) is 6.54 Å². The summed E-state index contributed by atoms with van der Waals surface area (Å²) in [7, 11) is 0. The van der Waals surface area contributed by atoms with E-state index in [1.54, 1.807) is 11.3 Å². The second kappa shape index (κ2) is 5.18. The average molecular weight is 259 g/mol. The smallest absolute Gasteiger partial charge is 0.0937 e. The zero-order chi connectivity index (χ0) is 12.4. The van der Waals surface area contributed by atoms with Crippen LogP contribution in [0.25, 0.3) is 0 Å². The first-order valence-corrected chi connectivity index (χ1v) is 7.18. The Hall–Kier alpha value is -1.23. The van der Waals surface area contributed by atoms with E-state index < -0.39 is 0 Å². The minimum absolute atomic E-state index is 0.179. The van der Waals surface area contributed by atoms with E-state index in [1.807, 2.05) is 11.6 Å². The molecule has 3 nitrogen and oxygen atoms in total. The molecule has 1 heterocycles. The third-order valence-corrected chi connectivity index (χ3v) is 4.31. The van der Waals surface area contributed by atoms with Crippen molar-refractivity contribution in [3.8, 4) is 0 Å². The maximum absolute atomic E-state index is 6.15. The van der Waals surface area contributed by atoms with Crippen molar-refractivity contribution >= 4 is 11.3 Å². The van der Waals surface area contributed by atoms with E-state index in [0.717, 1.165) is 19.4 Å². The molecule has 1 aromatic heterocycles. The number of fused-ring (bicyclic) bond motifs is 1. The van der Waals surface area contributed by atoms with Crippen molar-refractivity contribution in [2.45, 2.75) is 24.9 Å². The number of hydrogen-bond donors (Lipinski definition) is 2. The Kier molecular flexibility index (Phi) is 3.41. The molecule has 0 bridgehead atoms. The minimum atomic E-state index is 0.179. The van der Waals surface area contributed by atoms with Crippen molar-refractivity contribution in [2.24, 2.45) is 5.73 Å². The summed E-state index contributed by atoms with van der Waals surface area (Å²) in [6, 6.07) is 9.06. The normalized spacial score (nSPS) is 22.1. The van der Waals surface area contributed by atoms with Gasteiger partial charge >= 0.3 is 0 Å². The van der Waals surface area contributed by atoms with E-state index in [4.69, 9.17) is 5.73 Å². The van der Waals surface area contributed by atoms with Gasteiger partial charge in [-0.15, -0.1) is 11.3 Å². The monoisotopic (exact) mass is 259 g/mol. The quantitative estimate of drug-likeness (QED) is 0.886. The van der Waals surface area contributed by atoms with E-state index >= 15 is 0 Å². The highest BCUT2D eigenvalue weighted by atomic mass is 32.1. The van der Waals surface area contributed by atoms with E-state index in [0.29, 0.717) is 6.04 Å². The third-order valence-electron chi connectivity index (χ3n) is 3.47. The highest BCUT2D eigenvalue weighted by Crippen LogP contribution is 2.36. The van der Waals surface area contributed by atoms with Crippen LogP contribution < -0.4 is 11.1 Å². The fourth-order valence-electron chi connectivity index (χ4n) is 2.60. The van der Waals surface area contributed by atoms with Gasteiger partial charge in [-0.2, -0.15) is 0 Å². The van der Waals surface area contributed by atoms with Gasteiger partial charge < -0.3 is 11.1 Å². The summed E-state index contributed by atoms with van der Waals surface area (Å²) < 4.78 is 0. The molecule has 18 heavy (non-hydrogen) atoms. The van der Waals surface area contributed by atoms with E-state index in [2.05, 4.69) is 34.6 Å². The molecular weight excluding hydrogens is 242 g/mol. The van der Waals surface area contributed by atoms with Crippen LogP contribution in [0.15, 0.2) is 35.8 Å². The summed E-state index contributed by atoms with van der Waals surface area (Å²) in [6.07, 6.45) is 3.85. The molecule has 1 aliphatic carbocycles. The van der Waals surface area contributed by atoms with Crippen molar-refractivity contribution in [1.82, 2.24) is 10.3 Å². The minimum Gasteiger partial charge on any atom is -0.324 e. The number of hydrogen-bond acceptors (Lipinski definition) is 4. The zero-order valence-electron chi connectivity index (χ0n) is 10.2. The zero-order valence-corrected chi connectivity index (χ0v) is 11.0. The van der Waals surface area contributed by atoms with E-state index in [1.165, 1.54) is 16.1 Å². The molecule has 2 unspecified atom stereocenters. The maximum Gasteiger partial charge on any atom is 0.0937 e. The summed E-state index contributed by atoms with van der Waals surface area (Å²) in [5, 5.41) is 6.81. The van der Waals surface area contributed by atoms with Gasteiger partial charge in [0.15, 0.2) is 0 Å². The van der Waals surface area contributed by atoms with Gasteiger partial charge in [0.1, 0.15) is 0 Å². The SMILES string of the molecule is NC1CC(NCCc2nccs2)c2ccccc21. The van der Waals surface area contributed by atoms with Crippen LogP contribution in [0.3, 0.4) is 0 Å². The highest BCUT2D eigenvalue weighted by Gasteiger charge is 2.27. The summed E-state index contributed by atoms with van der Waals surface area (Å²) in [6.45, 7) is 0.958. The molecule has 0 amide bonds. The molecule has 94 valence electrons. The van der Waals surface area contributed by atoms with Crippen LogP contribution in [0.5, 0.6) is 0 Å². The molecule has 0 saturated heterocycles. The van der Waals surface area contributed by atoms with Gasteiger partial charge in [0.05, 0.1) is 5.01 Å². The standard InChI is InChI=1S/C14H17N3S/c15-12-9-13(11-4-2-1-3-10(11)12)16-6-5-14-17-7-8-18-14/h1-4,7-8,12-13,16H,5-6,9,15H2. The molecule has 0 spiro atoms. The molecule has 3 rings (SSSR count). The Morgan fingerprint density at radius 1 is 1.33 bits per heavy atom. The number of aromatic nitrogens is 1. The largest absolute Gasteiger partial charge is 0.324 e. The third kappa shape index (κ3) is 2.32. The highest BCUT2D eigenvalue weighted by molar-refractivity contribution is 7.09. The number of nitrogens with two attached hydrogens (primary N) is 1. The second-order valence-corrected chi connectivity index (χ2v) is 5.63. The molecule has 3 N–H and O–H groups in total. The molecule has 1 aliphatic rings. The molecule has 2 aromatic rings. The number of nitrogens with one attached hydrogen (secondary N) is 1. The Bertz CT molecular complexity index is 510. The Morgan fingerprint density at radius 2 is 2.17 bits per heavy atom. The van der Waals surface area contributed by atoms with Crippen LogP contribution in [0.1, 0.15) is 34.6 Å². The summed E-state index contributed by atoms with van der Waals surface area (Å²) in [5.74, 6) is 0. The fourth-order valence-corrected chi connectivity index (χ4v) is 3.22. The summed E-state index contributed by atoms with van der Waals surface area (Å²) in [5.41, 5.74) is 8.81. The molecule has 4 heteroatoms. The van der Waals surface area contributed by atoms with Crippen LogP contribution in [-0.4, -0.2) is 11.5 Å². The van der Waals surface area contributed by atoms with Crippen LogP contribution in [0.4, 0.5) is 0 Å². The fraction of sp³-hybridized carbons (Fsp3) is 0.357. The lowest BCUT2D eigenvalue weighted by molar-refractivity contribution is 0.502. The molecule has 1 aromatic carbocycles. The van der Waals surface area contributed by atoms with Gasteiger partial charge in [0, 0.05) is 36.6 Å². The lowest BCUT2D eigenvalue weighted by Gasteiger charge is -2.13. The molecule has 0 radical (unpaired) electrons. The van der Waals surface area contributed by atoms with Crippen molar-refractivity contribution in [1.29, 1.82) is 0 Å². The lowest BCUT2D eigenvalue weighted by atomic mass is 10.1. The van der Waals surface area contributed by atoms with Crippen molar-refractivity contribution in [3.63, 3.8) is 0 Å². The average Bonchev–Trinajstić information content (AvgIpc) is 3.00. The van der Waals surface area contributed by atoms with Gasteiger partial charge in [0.2, 0.25) is 0 Å². The topological polar surface area (TPSA) is 50.9 Å². The van der Waals surface area contributed by atoms with Gasteiger partial charge in [-0.1, -0.05) is 24.3 Å². The van der Waals surface area contributed by atoms with Gasteiger partial charge in [-0.3, -0.25) is 0 Å². The maximum atomic E-state index is 6.15. The first-order valence-electron chi connectivity index (χ1n) is 6.31. The molecular formula is C14H17N3S. The number of thiazole rings is 1. The van der Waals surface area contributed by atoms with Crippen molar-refractivity contribution in [3.05, 3.63) is 52.0 Å². The Morgan fingerprint density at radius 3 is 2.94 bits per heavy atom. The summed E-state index contributed by atoms with van der Waals surface area (Å²) in [4.78, 5) is 4.29. The number of nitrogens with zero attached hydrogens (tertiary/aromatic N) is 1. The van der Waals surface area contributed by atoms with Crippen LogP contribution in [-0.2, 0) is 6.42 Å². The predicted octanol–water partition coefficient (Wildman–Crippen LogP) is 2.42. The number of benzene rings is 1. The molecule has 0 aliphatic heterocycles. The Balaban J connectivity index is 1.61. The van der Waals surface area contributed by atoms with E-state index in [-0.39, 0.29) is 6.04 Å². The van der Waals surface area contributed by atoms with Crippen LogP contribution in [0, 0.1) is 0 Å². The van der Waals surface area contributed by atoms with Crippen LogP contribution >= 0.6 is 11.3 Å². The Labute approximate surface area is 111 Å². The predicted molar refractivity (Wildman–Crippen MR) is 74.5 cm³/mol. The van der Waals surface area contributed by atoms with Crippen molar-refractivity contribution < 1.29 is 0 Å². The van der Waals surface area contributed by atoms with E-state index in [9.17, 15) is 0 Å². The lowest BCUT2D eigenvalue weighted by Crippen LogP contribution is -2.22. The summed E-state index contributed by atoms with van der Waals surface area (Å²) >= 11 is 1.72. The first-order chi connectivity index (χ1) is 8.84. The van der Waals surface area contributed by atoms with Gasteiger partial charge in [-0.25, -0.2) is 4.98 Å². The molecule has 0 fully saturated rings. The first kappa shape index (κ1) is 11.8. The van der Waals surface area contributed by atoms with Gasteiger partial charge in [-0.05, 0) is 17.5 Å². The number of rotatable bonds is 4. The van der Waals surface area contributed by atoms with Crippen LogP contribution in [0.2, 0.25) is 0 Å². The second-order valence-electron chi connectivity index (χ2n) is 4.65. The molecule has 2 atom stereocenters. The molecule has 0 saturated carbocycles. The van der Waals surface area contributed by atoms with Gasteiger partial charge in [0.25, 0.3) is 0 Å².